The van der Waals surface area contributed by atoms with Gasteiger partial charge in [0.1, 0.15) is 0 Å². The smallest absolute Gasteiger partial charge is 0.151 e. The van der Waals surface area contributed by atoms with Crippen molar-refractivity contribution in [3.05, 3.63) is 34.9 Å². The van der Waals surface area contributed by atoms with Crippen molar-refractivity contribution in [1.82, 2.24) is 4.90 Å². The summed E-state index contributed by atoms with van der Waals surface area (Å²) in [6.07, 6.45) is 2.97. The van der Waals surface area contributed by atoms with E-state index >= 15 is 0 Å². The van der Waals surface area contributed by atoms with Crippen molar-refractivity contribution in [2.45, 2.75) is 38.8 Å². The molecule has 0 spiro atoms. The fraction of sp³-hybridized carbons (Fsp3) is 0.600. The Balaban J connectivity index is 2.07. The molecule has 0 aliphatic carbocycles. The number of unbranched alkanes of at least 4 members (excludes halogenated alkanes) is 1. The predicted octanol–water partition coefficient (Wildman–Crippen LogP) is 3.13. The maximum Gasteiger partial charge on any atom is 0.151 e. The first-order valence-electron chi connectivity index (χ1n) is 7.19. The molecule has 0 bridgehead atoms. The number of rotatable bonds is 6. The molecule has 1 aliphatic heterocycles. The molecule has 2 rings (SSSR count). The predicted molar refractivity (Wildman–Crippen MR) is 83.8 cm³/mol. The van der Waals surface area contributed by atoms with Crippen LogP contribution in [0, 0.1) is 0 Å². The van der Waals surface area contributed by atoms with Gasteiger partial charge in [-0.1, -0.05) is 37.1 Å². The van der Waals surface area contributed by atoms with Crippen LogP contribution in [0.5, 0.6) is 0 Å². The standard InChI is InChI=1S/C15H22ClNO2S/c1-2-3-8-17(15-7-9-20(18,19)12-15)11-13-5-4-6-14(16)10-13/h4-6,10,15H,2-3,7-9,11-12H2,1H3/t15-/m1/s1. The van der Waals surface area contributed by atoms with Crippen LogP contribution < -0.4 is 0 Å². The maximum atomic E-state index is 11.7. The second kappa shape index (κ2) is 6.92. The van der Waals surface area contributed by atoms with Crippen LogP contribution in [-0.2, 0) is 16.4 Å². The van der Waals surface area contributed by atoms with Gasteiger partial charge in [0, 0.05) is 17.6 Å². The van der Waals surface area contributed by atoms with Crippen molar-refractivity contribution in [3.8, 4) is 0 Å². The van der Waals surface area contributed by atoms with Crippen LogP contribution in [0.2, 0.25) is 5.02 Å². The number of nitrogens with zero attached hydrogens (tertiary/aromatic N) is 1. The number of sulfone groups is 1. The van der Waals surface area contributed by atoms with E-state index in [9.17, 15) is 8.42 Å². The summed E-state index contributed by atoms with van der Waals surface area (Å²) in [5.41, 5.74) is 1.15. The summed E-state index contributed by atoms with van der Waals surface area (Å²) in [4.78, 5) is 2.31. The highest BCUT2D eigenvalue weighted by Gasteiger charge is 2.31. The van der Waals surface area contributed by atoms with Crippen molar-refractivity contribution in [1.29, 1.82) is 0 Å². The van der Waals surface area contributed by atoms with Crippen molar-refractivity contribution in [2.75, 3.05) is 18.1 Å². The summed E-state index contributed by atoms with van der Waals surface area (Å²) in [6.45, 7) is 3.88. The Labute approximate surface area is 126 Å². The molecule has 3 nitrogen and oxygen atoms in total. The summed E-state index contributed by atoms with van der Waals surface area (Å²) in [7, 11) is -2.83. The van der Waals surface area contributed by atoms with Gasteiger partial charge in [0.15, 0.2) is 9.84 Å². The Bertz CT molecular complexity index is 545. The highest BCUT2D eigenvalue weighted by atomic mass is 35.5. The normalized spacial score (nSPS) is 21.4. The minimum Gasteiger partial charge on any atom is -0.295 e. The van der Waals surface area contributed by atoms with Crippen LogP contribution in [-0.4, -0.2) is 37.4 Å². The molecule has 1 fully saturated rings. The first-order valence-corrected chi connectivity index (χ1v) is 9.39. The number of hydrogen-bond donors (Lipinski definition) is 0. The first kappa shape index (κ1) is 15.8. The molecular formula is C15H22ClNO2S. The highest BCUT2D eigenvalue weighted by Crippen LogP contribution is 2.21. The minimum absolute atomic E-state index is 0.158. The summed E-state index contributed by atoms with van der Waals surface area (Å²) in [5, 5.41) is 0.733. The van der Waals surface area contributed by atoms with Crippen molar-refractivity contribution < 1.29 is 8.42 Å². The quantitative estimate of drug-likeness (QED) is 0.809. The fourth-order valence-corrected chi connectivity index (χ4v) is 4.66. The number of hydrogen-bond acceptors (Lipinski definition) is 3. The van der Waals surface area contributed by atoms with E-state index in [1.54, 1.807) is 0 Å². The first-order chi connectivity index (χ1) is 9.50. The van der Waals surface area contributed by atoms with E-state index in [4.69, 9.17) is 11.6 Å². The summed E-state index contributed by atoms with van der Waals surface area (Å²) >= 11 is 6.02. The largest absolute Gasteiger partial charge is 0.295 e. The molecule has 1 saturated heterocycles. The van der Waals surface area contributed by atoms with Gasteiger partial charge in [-0.05, 0) is 37.1 Å². The topological polar surface area (TPSA) is 37.4 Å². The molecule has 0 radical (unpaired) electrons. The Morgan fingerprint density at radius 1 is 1.40 bits per heavy atom. The molecular weight excluding hydrogens is 294 g/mol. The van der Waals surface area contributed by atoms with Crippen LogP contribution in [0.3, 0.4) is 0 Å². The lowest BCUT2D eigenvalue weighted by Crippen LogP contribution is -2.36. The summed E-state index contributed by atoms with van der Waals surface area (Å²) < 4.78 is 23.4. The van der Waals surface area contributed by atoms with Crippen LogP contribution in [0.25, 0.3) is 0 Å². The SMILES string of the molecule is CCCCN(Cc1cccc(Cl)c1)[C@@H]1CCS(=O)(=O)C1. The van der Waals surface area contributed by atoms with Gasteiger partial charge in [-0.25, -0.2) is 8.42 Å². The molecule has 0 aromatic heterocycles. The van der Waals surface area contributed by atoms with Gasteiger partial charge in [-0.3, -0.25) is 4.90 Å². The molecule has 0 saturated carbocycles. The summed E-state index contributed by atoms with van der Waals surface area (Å²) in [6, 6.07) is 7.98. The monoisotopic (exact) mass is 315 g/mol. The van der Waals surface area contributed by atoms with E-state index in [0.29, 0.717) is 11.5 Å². The van der Waals surface area contributed by atoms with Gasteiger partial charge in [0.05, 0.1) is 11.5 Å². The van der Waals surface area contributed by atoms with Crippen LogP contribution in [0.4, 0.5) is 0 Å². The molecule has 1 aliphatic rings. The van der Waals surface area contributed by atoms with E-state index in [1.807, 2.05) is 24.3 Å². The second-order valence-corrected chi connectivity index (χ2v) is 8.18. The van der Waals surface area contributed by atoms with Gasteiger partial charge in [-0.2, -0.15) is 0 Å². The molecule has 112 valence electrons. The number of benzene rings is 1. The Morgan fingerprint density at radius 2 is 2.20 bits per heavy atom. The van der Waals surface area contributed by atoms with E-state index in [1.165, 1.54) is 0 Å². The molecule has 0 unspecified atom stereocenters. The highest BCUT2D eigenvalue weighted by molar-refractivity contribution is 7.91. The maximum absolute atomic E-state index is 11.7. The lowest BCUT2D eigenvalue weighted by molar-refractivity contribution is 0.200. The lowest BCUT2D eigenvalue weighted by Gasteiger charge is -2.28. The Morgan fingerprint density at radius 3 is 2.80 bits per heavy atom. The van der Waals surface area contributed by atoms with Crippen molar-refractivity contribution in [3.63, 3.8) is 0 Å². The minimum atomic E-state index is -2.83. The van der Waals surface area contributed by atoms with E-state index in [0.717, 1.165) is 42.9 Å². The zero-order valence-electron chi connectivity index (χ0n) is 11.9. The summed E-state index contributed by atoms with van der Waals surface area (Å²) in [5.74, 6) is 0.632. The van der Waals surface area contributed by atoms with E-state index < -0.39 is 9.84 Å². The van der Waals surface area contributed by atoms with Gasteiger partial charge in [0.2, 0.25) is 0 Å². The third kappa shape index (κ3) is 4.47. The molecule has 0 amide bonds. The zero-order chi connectivity index (χ0) is 14.6. The average Bonchev–Trinajstić information content (AvgIpc) is 2.75. The van der Waals surface area contributed by atoms with Gasteiger partial charge in [-0.15, -0.1) is 0 Å². The fourth-order valence-electron chi connectivity index (χ4n) is 2.69. The van der Waals surface area contributed by atoms with E-state index in [-0.39, 0.29) is 6.04 Å². The van der Waals surface area contributed by atoms with Crippen molar-refractivity contribution >= 4 is 21.4 Å². The van der Waals surface area contributed by atoms with Gasteiger partial charge >= 0.3 is 0 Å². The molecule has 20 heavy (non-hydrogen) atoms. The molecule has 5 heteroatoms. The zero-order valence-corrected chi connectivity index (χ0v) is 13.5. The molecule has 1 heterocycles. The average molecular weight is 316 g/mol. The van der Waals surface area contributed by atoms with Crippen molar-refractivity contribution in [2.24, 2.45) is 0 Å². The number of halogens is 1. The van der Waals surface area contributed by atoms with Gasteiger partial charge in [0.25, 0.3) is 0 Å². The van der Waals surface area contributed by atoms with Crippen LogP contribution >= 0.6 is 11.6 Å². The molecule has 1 aromatic rings. The van der Waals surface area contributed by atoms with Gasteiger partial charge < -0.3 is 0 Å². The third-order valence-corrected chi connectivity index (χ3v) is 5.78. The third-order valence-electron chi connectivity index (χ3n) is 3.80. The van der Waals surface area contributed by atoms with Crippen LogP contribution in [0.15, 0.2) is 24.3 Å². The molecule has 1 atom stereocenters. The molecule has 1 aromatic carbocycles. The lowest BCUT2D eigenvalue weighted by atomic mass is 10.1. The second-order valence-electron chi connectivity index (χ2n) is 5.51. The van der Waals surface area contributed by atoms with E-state index in [2.05, 4.69) is 11.8 Å². The Kier molecular flexibility index (Phi) is 5.47. The molecule has 0 N–H and O–H groups in total. The Hall–Kier alpha value is -0.580. The van der Waals surface area contributed by atoms with Crippen LogP contribution in [0.1, 0.15) is 31.7 Å².